The van der Waals surface area contributed by atoms with E-state index in [1.807, 2.05) is 32.0 Å². The summed E-state index contributed by atoms with van der Waals surface area (Å²) in [5.74, 6) is 0.462. The highest BCUT2D eigenvalue weighted by Gasteiger charge is 2.05. The van der Waals surface area contributed by atoms with Gasteiger partial charge in [0.25, 0.3) is 5.91 Å². The normalized spacial score (nSPS) is 10.2. The first kappa shape index (κ1) is 19.0. The minimum atomic E-state index is -0.154. The molecule has 0 aromatic heterocycles. The van der Waals surface area contributed by atoms with Crippen LogP contribution in [0.2, 0.25) is 0 Å². The number of hydrogen-bond acceptors (Lipinski definition) is 4. The van der Waals surface area contributed by atoms with E-state index in [0.717, 1.165) is 36.1 Å². The van der Waals surface area contributed by atoms with E-state index in [2.05, 4.69) is 5.32 Å². The van der Waals surface area contributed by atoms with Crippen LogP contribution in [0.5, 0.6) is 5.75 Å². The smallest absolute Gasteiger partial charge is 0.305 e. The summed E-state index contributed by atoms with van der Waals surface area (Å²) in [6.07, 6.45) is 2.96. The third-order valence-electron chi connectivity index (χ3n) is 3.39. The Morgan fingerprint density at radius 3 is 2.65 bits per heavy atom. The lowest BCUT2D eigenvalue weighted by Gasteiger charge is -2.10. The van der Waals surface area contributed by atoms with Gasteiger partial charge in [-0.15, -0.1) is 0 Å². The summed E-state index contributed by atoms with van der Waals surface area (Å²) in [6.45, 7) is 6.78. The highest BCUT2D eigenvalue weighted by molar-refractivity contribution is 5.77. The summed E-state index contributed by atoms with van der Waals surface area (Å²) >= 11 is 0. The highest BCUT2D eigenvalue weighted by atomic mass is 16.5. The Morgan fingerprint density at radius 2 is 1.91 bits per heavy atom. The molecule has 1 aromatic rings. The number of benzene rings is 1. The summed E-state index contributed by atoms with van der Waals surface area (Å²) in [7, 11) is 0. The summed E-state index contributed by atoms with van der Waals surface area (Å²) in [5, 5.41) is 2.82. The minimum Gasteiger partial charge on any atom is -0.483 e. The van der Waals surface area contributed by atoms with Crippen molar-refractivity contribution >= 4 is 11.9 Å². The van der Waals surface area contributed by atoms with Crippen molar-refractivity contribution in [3.05, 3.63) is 29.3 Å². The van der Waals surface area contributed by atoms with Crippen molar-refractivity contribution in [1.29, 1.82) is 0 Å². The number of carbonyl (C=O) groups is 2. The van der Waals surface area contributed by atoms with Gasteiger partial charge in [0, 0.05) is 13.0 Å². The van der Waals surface area contributed by atoms with Gasteiger partial charge in [0.15, 0.2) is 6.61 Å². The molecular weight excluding hydrogens is 294 g/mol. The van der Waals surface area contributed by atoms with Crippen LogP contribution in [0.15, 0.2) is 18.2 Å². The van der Waals surface area contributed by atoms with Gasteiger partial charge in [-0.25, -0.2) is 0 Å². The zero-order valence-corrected chi connectivity index (χ0v) is 14.3. The van der Waals surface area contributed by atoms with E-state index in [1.165, 1.54) is 0 Å². The van der Waals surface area contributed by atoms with Gasteiger partial charge in [-0.05, 0) is 50.8 Å². The molecular formula is C18H27NO4. The molecule has 0 radical (unpaired) electrons. The maximum Gasteiger partial charge on any atom is 0.305 e. The van der Waals surface area contributed by atoms with Crippen LogP contribution in [0.1, 0.15) is 43.7 Å². The maximum atomic E-state index is 11.7. The van der Waals surface area contributed by atoms with Crippen molar-refractivity contribution in [3.8, 4) is 5.75 Å². The van der Waals surface area contributed by atoms with Crippen LogP contribution in [0, 0.1) is 13.8 Å². The molecule has 0 unspecified atom stereocenters. The van der Waals surface area contributed by atoms with Crippen LogP contribution in [0.4, 0.5) is 0 Å². The van der Waals surface area contributed by atoms with E-state index in [0.29, 0.717) is 19.6 Å². The SMILES string of the molecule is CCOC(=O)CCCCCNC(=O)COc1cc(C)ccc1C. The molecule has 0 atom stereocenters. The Kier molecular flexibility index (Phi) is 8.80. The molecule has 0 saturated carbocycles. The topological polar surface area (TPSA) is 64.6 Å². The highest BCUT2D eigenvalue weighted by Crippen LogP contribution is 2.18. The Bertz CT molecular complexity index is 514. The number of nitrogens with one attached hydrogen (secondary N) is 1. The van der Waals surface area contributed by atoms with Gasteiger partial charge in [-0.2, -0.15) is 0 Å². The Labute approximate surface area is 138 Å². The van der Waals surface area contributed by atoms with Crippen molar-refractivity contribution in [2.75, 3.05) is 19.8 Å². The molecule has 0 aliphatic rings. The zero-order chi connectivity index (χ0) is 17.1. The van der Waals surface area contributed by atoms with E-state index in [1.54, 1.807) is 6.92 Å². The van der Waals surface area contributed by atoms with Gasteiger partial charge in [-0.1, -0.05) is 18.6 Å². The number of esters is 1. The third-order valence-corrected chi connectivity index (χ3v) is 3.39. The molecule has 1 aromatic carbocycles. The first-order valence-electron chi connectivity index (χ1n) is 8.15. The van der Waals surface area contributed by atoms with Gasteiger partial charge < -0.3 is 14.8 Å². The molecule has 0 bridgehead atoms. The number of aryl methyl sites for hydroxylation is 2. The number of carbonyl (C=O) groups excluding carboxylic acids is 2. The number of hydrogen-bond donors (Lipinski definition) is 1. The molecule has 0 aliphatic carbocycles. The number of amides is 1. The quantitative estimate of drug-likeness (QED) is 0.531. The fourth-order valence-electron chi connectivity index (χ4n) is 2.09. The Hall–Kier alpha value is -2.04. The van der Waals surface area contributed by atoms with Crippen LogP contribution in [-0.4, -0.2) is 31.6 Å². The van der Waals surface area contributed by atoms with Gasteiger partial charge >= 0.3 is 5.97 Å². The molecule has 5 heteroatoms. The van der Waals surface area contributed by atoms with E-state index in [9.17, 15) is 9.59 Å². The lowest BCUT2D eigenvalue weighted by molar-refractivity contribution is -0.143. The lowest BCUT2D eigenvalue weighted by atomic mass is 10.1. The summed E-state index contributed by atoms with van der Waals surface area (Å²) in [6, 6.07) is 5.92. The molecule has 1 amide bonds. The van der Waals surface area contributed by atoms with Gasteiger partial charge in [0.2, 0.25) is 0 Å². The predicted molar refractivity (Wildman–Crippen MR) is 89.5 cm³/mol. The van der Waals surface area contributed by atoms with Crippen molar-refractivity contribution in [2.24, 2.45) is 0 Å². The molecule has 0 fully saturated rings. The molecule has 128 valence electrons. The predicted octanol–water partition coefficient (Wildman–Crippen LogP) is 2.92. The van der Waals surface area contributed by atoms with Gasteiger partial charge in [0.1, 0.15) is 5.75 Å². The fourth-order valence-corrected chi connectivity index (χ4v) is 2.09. The average Bonchev–Trinajstić information content (AvgIpc) is 2.52. The maximum absolute atomic E-state index is 11.7. The van der Waals surface area contributed by atoms with Crippen LogP contribution in [0.25, 0.3) is 0 Å². The van der Waals surface area contributed by atoms with Crippen LogP contribution < -0.4 is 10.1 Å². The third kappa shape index (κ3) is 8.24. The Balaban J connectivity index is 2.11. The van der Waals surface area contributed by atoms with E-state index in [-0.39, 0.29) is 18.5 Å². The zero-order valence-electron chi connectivity index (χ0n) is 14.3. The molecule has 0 aliphatic heterocycles. The number of rotatable bonds is 10. The fraction of sp³-hybridized carbons (Fsp3) is 0.556. The molecule has 0 saturated heterocycles. The monoisotopic (exact) mass is 321 g/mol. The van der Waals surface area contributed by atoms with Crippen molar-refractivity contribution in [2.45, 2.75) is 46.5 Å². The van der Waals surface area contributed by atoms with Crippen LogP contribution in [-0.2, 0) is 14.3 Å². The second-order valence-electron chi connectivity index (χ2n) is 5.52. The number of ether oxygens (including phenoxy) is 2. The number of unbranched alkanes of at least 4 members (excludes halogenated alkanes) is 2. The standard InChI is InChI=1S/C18H27NO4/c1-4-22-18(21)8-6-5-7-11-19-17(20)13-23-16-12-14(2)9-10-15(16)3/h9-10,12H,4-8,11,13H2,1-3H3,(H,19,20). The van der Waals surface area contributed by atoms with Gasteiger partial charge in [-0.3, -0.25) is 9.59 Å². The van der Waals surface area contributed by atoms with Crippen molar-refractivity contribution in [1.82, 2.24) is 5.32 Å². The molecule has 1 rings (SSSR count). The van der Waals surface area contributed by atoms with Gasteiger partial charge in [0.05, 0.1) is 6.61 Å². The summed E-state index contributed by atoms with van der Waals surface area (Å²) in [4.78, 5) is 22.9. The van der Waals surface area contributed by atoms with Crippen LogP contribution in [0.3, 0.4) is 0 Å². The molecule has 0 spiro atoms. The minimum absolute atomic E-state index is 0.0210. The first-order chi connectivity index (χ1) is 11.0. The molecule has 0 heterocycles. The molecule has 5 nitrogen and oxygen atoms in total. The van der Waals surface area contributed by atoms with E-state index in [4.69, 9.17) is 9.47 Å². The molecule has 1 N–H and O–H groups in total. The lowest BCUT2D eigenvalue weighted by Crippen LogP contribution is -2.29. The van der Waals surface area contributed by atoms with Crippen molar-refractivity contribution in [3.63, 3.8) is 0 Å². The van der Waals surface area contributed by atoms with E-state index >= 15 is 0 Å². The molecule has 23 heavy (non-hydrogen) atoms. The summed E-state index contributed by atoms with van der Waals surface area (Å²) in [5.41, 5.74) is 2.12. The second-order valence-corrected chi connectivity index (χ2v) is 5.52. The average molecular weight is 321 g/mol. The Morgan fingerprint density at radius 1 is 1.13 bits per heavy atom. The largest absolute Gasteiger partial charge is 0.483 e. The van der Waals surface area contributed by atoms with Crippen LogP contribution >= 0.6 is 0 Å². The second kappa shape index (κ2) is 10.6. The first-order valence-corrected chi connectivity index (χ1v) is 8.15. The summed E-state index contributed by atoms with van der Waals surface area (Å²) < 4.78 is 10.4. The van der Waals surface area contributed by atoms with E-state index < -0.39 is 0 Å². The van der Waals surface area contributed by atoms with Crippen molar-refractivity contribution < 1.29 is 19.1 Å².